The van der Waals surface area contributed by atoms with Gasteiger partial charge in [-0.3, -0.25) is 0 Å². The minimum absolute atomic E-state index is 0.0651. The summed E-state index contributed by atoms with van der Waals surface area (Å²) in [4.78, 5) is 7.91. The minimum atomic E-state index is -4.06. The fourth-order valence-corrected chi connectivity index (χ4v) is 5.09. The van der Waals surface area contributed by atoms with Crippen molar-refractivity contribution in [2.45, 2.75) is 25.7 Å². The first-order chi connectivity index (χ1) is 15.6. The second-order valence-corrected chi connectivity index (χ2v) is 10.5. The number of benzene rings is 2. The second kappa shape index (κ2) is 10.6. The van der Waals surface area contributed by atoms with Crippen LogP contribution in [0, 0.1) is 0 Å². The number of hydrogen-bond donors (Lipinski definition) is 0. The van der Waals surface area contributed by atoms with Crippen molar-refractivity contribution < 1.29 is 22.3 Å². The Kier molecular flexibility index (Phi) is 8.04. The van der Waals surface area contributed by atoms with Gasteiger partial charge in [-0.1, -0.05) is 24.3 Å². The molecule has 0 unspecified atom stereocenters. The first kappa shape index (κ1) is 25.1. The number of alkyl halides is 1. The predicted octanol–water partition coefficient (Wildman–Crippen LogP) is 4.47. The summed E-state index contributed by atoms with van der Waals surface area (Å²) in [5.41, 5.74) is -0.792. The lowest BCUT2D eigenvalue weighted by molar-refractivity contribution is 0.205. The molecule has 7 nitrogen and oxygen atoms in total. The van der Waals surface area contributed by atoms with Gasteiger partial charge in [0.05, 0.1) is 18.7 Å². The summed E-state index contributed by atoms with van der Waals surface area (Å²) in [6.07, 6.45) is 2.78. The number of nitrogens with zero attached hydrogens (tertiary/aromatic N) is 3. The Balaban J connectivity index is 1.89. The van der Waals surface area contributed by atoms with Crippen LogP contribution in [0.2, 0.25) is 0 Å². The molecule has 0 aliphatic carbocycles. The average Bonchev–Trinajstić information content (AvgIpc) is 2.79. The molecular weight excluding hydrogens is 513 g/mol. The molecule has 0 radical (unpaired) electrons. The van der Waals surface area contributed by atoms with Crippen LogP contribution in [-0.2, 0) is 28.8 Å². The highest BCUT2D eigenvalue weighted by Crippen LogP contribution is 2.28. The van der Waals surface area contributed by atoms with Gasteiger partial charge < -0.3 is 9.47 Å². The third kappa shape index (κ3) is 6.72. The summed E-state index contributed by atoms with van der Waals surface area (Å²) >= 11 is 3.20. The molecule has 0 saturated carbocycles. The van der Waals surface area contributed by atoms with Gasteiger partial charge in [-0.05, 0) is 58.2 Å². The quantitative estimate of drug-likeness (QED) is 0.379. The summed E-state index contributed by atoms with van der Waals surface area (Å²) in [7, 11) is -0.947. The first-order valence-corrected chi connectivity index (χ1v) is 12.4. The lowest BCUT2D eigenvalue weighted by Gasteiger charge is -2.26. The number of methoxy groups -OCH3 is 2. The van der Waals surface area contributed by atoms with E-state index < -0.39 is 21.4 Å². The predicted molar refractivity (Wildman–Crippen MR) is 127 cm³/mol. The van der Waals surface area contributed by atoms with E-state index in [4.69, 9.17) is 9.47 Å². The molecule has 3 rings (SSSR count). The zero-order chi connectivity index (χ0) is 24.1. The molecule has 2 aromatic carbocycles. The Bertz CT molecular complexity index is 1110. The molecule has 0 amide bonds. The van der Waals surface area contributed by atoms with Crippen molar-refractivity contribution in [3.05, 3.63) is 82.3 Å². The SMILES string of the molecule is COc1ccc(CN(Cc2ccc(OC)cc2)S(=O)(=O)C[C@@](C)(F)c2ncc(Br)cn2)cc1. The van der Waals surface area contributed by atoms with Crippen LogP contribution in [0.4, 0.5) is 4.39 Å². The van der Waals surface area contributed by atoms with Crippen LogP contribution in [0.25, 0.3) is 0 Å². The van der Waals surface area contributed by atoms with Crippen LogP contribution in [-0.4, -0.2) is 42.7 Å². The largest absolute Gasteiger partial charge is 0.497 e. The van der Waals surface area contributed by atoms with E-state index in [1.807, 2.05) is 0 Å². The molecule has 33 heavy (non-hydrogen) atoms. The first-order valence-electron chi connectivity index (χ1n) is 10.0. The van der Waals surface area contributed by atoms with Crippen LogP contribution in [0.15, 0.2) is 65.4 Å². The van der Waals surface area contributed by atoms with E-state index in [1.54, 1.807) is 62.8 Å². The Morgan fingerprint density at radius 1 is 0.909 bits per heavy atom. The van der Waals surface area contributed by atoms with Gasteiger partial charge >= 0.3 is 0 Å². The Labute approximate surface area is 201 Å². The van der Waals surface area contributed by atoms with Crippen molar-refractivity contribution in [3.63, 3.8) is 0 Å². The smallest absolute Gasteiger partial charge is 0.218 e. The zero-order valence-corrected chi connectivity index (χ0v) is 20.9. The number of ether oxygens (including phenoxy) is 2. The zero-order valence-electron chi connectivity index (χ0n) is 18.5. The van der Waals surface area contributed by atoms with Crippen LogP contribution in [0.5, 0.6) is 11.5 Å². The minimum Gasteiger partial charge on any atom is -0.497 e. The van der Waals surface area contributed by atoms with Gasteiger partial charge in [0.1, 0.15) is 17.3 Å². The van der Waals surface area contributed by atoms with Gasteiger partial charge in [-0.2, -0.15) is 4.31 Å². The Hall–Kier alpha value is -2.56. The number of rotatable bonds is 10. The molecule has 1 atom stereocenters. The van der Waals surface area contributed by atoms with Crippen molar-refractivity contribution in [1.29, 1.82) is 0 Å². The summed E-state index contributed by atoms with van der Waals surface area (Å²) in [6.45, 7) is 1.30. The maximum absolute atomic E-state index is 15.5. The van der Waals surface area contributed by atoms with Gasteiger partial charge in [0.15, 0.2) is 11.5 Å². The fourth-order valence-electron chi connectivity index (χ4n) is 3.20. The van der Waals surface area contributed by atoms with E-state index in [0.717, 1.165) is 11.1 Å². The van der Waals surface area contributed by atoms with Gasteiger partial charge in [0.2, 0.25) is 10.0 Å². The van der Waals surface area contributed by atoms with Crippen LogP contribution in [0.1, 0.15) is 23.9 Å². The number of halogens is 2. The lowest BCUT2D eigenvalue weighted by atomic mass is 10.1. The van der Waals surface area contributed by atoms with E-state index in [1.165, 1.54) is 23.6 Å². The Morgan fingerprint density at radius 2 is 1.33 bits per heavy atom. The van der Waals surface area contributed by atoms with Crippen molar-refractivity contribution >= 4 is 26.0 Å². The van der Waals surface area contributed by atoms with Crippen LogP contribution in [0.3, 0.4) is 0 Å². The molecule has 0 fully saturated rings. The molecule has 0 N–H and O–H groups in total. The van der Waals surface area contributed by atoms with E-state index in [0.29, 0.717) is 16.0 Å². The van der Waals surface area contributed by atoms with Crippen molar-refractivity contribution in [3.8, 4) is 11.5 Å². The summed E-state index contributed by atoms with van der Waals surface area (Å²) in [6, 6.07) is 14.1. The fraction of sp³-hybridized carbons (Fsp3) is 0.304. The summed E-state index contributed by atoms with van der Waals surface area (Å²) < 4.78 is 54.5. The van der Waals surface area contributed by atoms with E-state index in [2.05, 4.69) is 25.9 Å². The molecule has 10 heteroatoms. The molecule has 1 aromatic heterocycles. The van der Waals surface area contributed by atoms with Gasteiger partial charge in [0, 0.05) is 25.5 Å². The topological polar surface area (TPSA) is 81.6 Å². The third-order valence-electron chi connectivity index (χ3n) is 4.97. The molecule has 0 saturated heterocycles. The van der Waals surface area contributed by atoms with Crippen LogP contribution >= 0.6 is 15.9 Å². The van der Waals surface area contributed by atoms with E-state index in [-0.39, 0.29) is 18.9 Å². The molecular formula is C23H25BrFN3O4S. The van der Waals surface area contributed by atoms with Crippen molar-refractivity contribution in [2.24, 2.45) is 0 Å². The van der Waals surface area contributed by atoms with Gasteiger partial charge in [-0.25, -0.2) is 22.8 Å². The van der Waals surface area contributed by atoms with Crippen molar-refractivity contribution in [1.82, 2.24) is 14.3 Å². The van der Waals surface area contributed by atoms with E-state index >= 15 is 4.39 Å². The van der Waals surface area contributed by atoms with Gasteiger partial charge in [-0.15, -0.1) is 0 Å². The average molecular weight is 538 g/mol. The second-order valence-electron chi connectivity index (χ2n) is 7.64. The Morgan fingerprint density at radius 3 is 1.73 bits per heavy atom. The van der Waals surface area contributed by atoms with Crippen molar-refractivity contribution in [2.75, 3.05) is 20.0 Å². The molecule has 176 valence electrons. The molecule has 1 heterocycles. The highest BCUT2D eigenvalue weighted by atomic mass is 79.9. The molecule has 0 aliphatic rings. The standard InChI is InChI=1S/C23H25BrFN3O4S/c1-23(25,22-26-12-19(24)13-27-22)16-33(29,30)28(14-17-4-8-20(31-2)9-5-17)15-18-6-10-21(32-3)11-7-18/h4-13H,14-16H2,1-3H3/t23-/m1/s1. The van der Waals surface area contributed by atoms with E-state index in [9.17, 15) is 8.42 Å². The highest BCUT2D eigenvalue weighted by Gasteiger charge is 2.38. The normalized spacial score (nSPS) is 13.5. The summed E-state index contributed by atoms with van der Waals surface area (Å²) in [5.74, 6) is 0.329. The lowest BCUT2D eigenvalue weighted by Crippen LogP contribution is -2.39. The number of sulfonamides is 1. The molecule has 0 aliphatic heterocycles. The molecule has 3 aromatic rings. The highest BCUT2D eigenvalue weighted by molar-refractivity contribution is 9.10. The summed E-state index contributed by atoms with van der Waals surface area (Å²) in [5, 5.41) is 0. The molecule has 0 bridgehead atoms. The van der Waals surface area contributed by atoms with Crippen LogP contribution < -0.4 is 9.47 Å². The van der Waals surface area contributed by atoms with Gasteiger partial charge in [0.25, 0.3) is 0 Å². The monoisotopic (exact) mass is 537 g/mol. The maximum atomic E-state index is 15.5. The maximum Gasteiger partial charge on any atom is 0.218 e. The molecule has 0 spiro atoms. The number of aromatic nitrogens is 2. The number of hydrogen-bond acceptors (Lipinski definition) is 6. The third-order valence-corrected chi connectivity index (χ3v) is 7.33.